The maximum absolute atomic E-state index is 12.0. The summed E-state index contributed by atoms with van der Waals surface area (Å²) in [6, 6.07) is 11.8. The number of aromatic nitrogens is 1. The Balaban J connectivity index is 1.98. The lowest BCUT2D eigenvalue weighted by molar-refractivity contribution is -0.122. The van der Waals surface area contributed by atoms with Crippen LogP contribution in [0.25, 0.3) is 0 Å². The van der Waals surface area contributed by atoms with Gasteiger partial charge in [0.1, 0.15) is 16.7 Å². The summed E-state index contributed by atoms with van der Waals surface area (Å²) in [5.41, 5.74) is 0. The number of rotatable bonds is 4. The van der Waals surface area contributed by atoms with Gasteiger partial charge < -0.3 is 10.1 Å². The Hall–Kier alpha value is -1.78. The number of hydrogen-bond donors (Lipinski definition) is 1. The summed E-state index contributed by atoms with van der Waals surface area (Å²) < 4.78 is 5.50. The SMILES string of the molecule is CC(Oc1cccc(Cl)c1)C(=O)Nc1cccc(Cl)n1. The van der Waals surface area contributed by atoms with E-state index in [0.717, 1.165) is 0 Å². The van der Waals surface area contributed by atoms with Gasteiger partial charge in [0.15, 0.2) is 6.10 Å². The molecular weight excluding hydrogens is 299 g/mol. The molecule has 2 aromatic rings. The average molecular weight is 311 g/mol. The van der Waals surface area contributed by atoms with Crippen LogP contribution in [0, 0.1) is 0 Å². The van der Waals surface area contributed by atoms with Crippen LogP contribution in [0.15, 0.2) is 42.5 Å². The van der Waals surface area contributed by atoms with Gasteiger partial charge in [-0.15, -0.1) is 0 Å². The second kappa shape index (κ2) is 6.59. The van der Waals surface area contributed by atoms with Crippen molar-refractivity contribution in [2.75, 3.05) is 5.32 Å². The van der Waals surface area contributed by atoms with Gasteiger partial charge in [-0.25, -0.2) is 4.98 Å². The monoisotopic (exact) mass is 310 g/mol. The molecule has 20 heavy (non-hydrogen) atoms. The molecule has 0 radical (unpaired) electrons. The van der Waals surface area contributed by atoms with Crippen molar-refractivity contribution in [2.24, 2.45) is 0 Å². The molecule has 1 N–H and O–H groups in total. The van der Waals surface area contributed by atoms with E-state index in [4.69, 9.17) is 27.9 Å². The smallest absolute Gasteiger partial charge is 0.266 e. The molecule has 0 aliphatic heterocycles. The van der Waals surface area contributed by atoms with Crippen molar-refractivity contribution in [1.29, 1.82) is 0 Å². The number of anilines is 1. The minimum Gasteiger partial charge on any atom is -0.481 e. The summed E-state index contributed by atoms with van der Waals surface area (Å²) in [7, 11) is 0. The predicted octanol–water partition coefficient (Wildman–Crippen LogP) is 3.79. The topological polar surface area (TPSA) is 51.2 Å². The lowest BCUT2D eigenvalue weighted by Gasteiger charge is -2.14. The molecule has 1 aromatic heterocycles. The van der Waals surface area contributed by atoms with E-state index in [1.807, 2.05) is 0 Å². The summed E-state index contributed by atoms with van der Waals surface area (Å²) in [4.78, 5) is 15.9. The number of benzene rings is 1. The van der Waals surface area contributed by atoms with E-state index >= 15 is 0 Å². The van der Waals surface area contributed by atoms with E-state index < -0.39 is 6.10 Å². The highest BCUT2D eigenvalue weighted by Crippen LogP contribution is 2.18. The number of nitrogens with one attached hydrogen (secondary N) is 1. The van der Waals surface area contributed by atoms with Crippen LogP contribution in [0.4, 0.5) is 5.82 Å². The van der Waals surface area contributed by atoms with Crippen molar-refractivity contribution in [1.82, 2.24) is 4.98 Å². The second-order valence-corrected chi connectivity index (χ2v) is 4.88. The second-order valence-electron chi connectivity index (χ2n) is 4.05. The lowest BCUT2D eigenvalue weighted by Crippen LogP contribution is -2.30. The summed E-state index contributed by atoms with van der Waals surface area (Å²) in [5.74, 6) is 0.586. The van der Waals surface area contributed by atoms with Gasteiger partial charge in [-0.2, -0.15) is 0 Å². The minimum absolute atomic E-state index is 0.311. The fourth-order valence-corrected chi connectivity index (χ4v) is 1.85. The molecule has 4 nitrogen and oxygen atoms in total. The minimum atomic E-state index is -0.686. The highest BCUT2D eigenvalue weighted by Gasteiger charge is 2.15. The molecule has 0 spiro atoms. The number of hydrogen-bond acceptors (Lipinski definition) is 3. The first-order valence-corrected chi connectivity index (χ1v) is 6.66. The Labute approximate surface area is 126 Å². The molecule has 0 saturated carbocycles. The Morgan fingerprint density at radius 1 is 1.25 bits per heavy atom. The number of halogens is 2. The largest absolute Gasteiger partial charge is 0.481 e. The Morgan fingerprint density at radius 2 is 2.00 bits per heavy atom. The first-order chi connectivity index (χ1) is 9.54. The zero-order valence-corrected chi connectivity index (χ0v) is 12.2. The number of amides is 1. The van der Waals surface area contributed by atoms with Gasteiger partial charge in [-0.3, -0.25) is 4.79 Å². The van der Waals surface area contributed by atoms with Crippen LogP contribution in [0.2, 0.25) is 10.2 Å². The van der Waals surface area contributed by atoms with Gasteiger partial charge in [0, 0.05) is 5.02 Å². The molecule has 104 valence electrons. The van der Waals surface area contributed by atoms with Crippen LogP contribution < -0.4 is 10.1 Å². The van der Waals surface area contributed by atoms with Crippen molar-refractivity contribution in [2.45, 2.75) is 13.0 Å². The molecule has 1 atom stereocenters. The van der Waals surface area contributed by atoms with Gasteiger partial charge in [-0.1, -0.05) is 35.3 Å². The fraction of sp³-hybridized carbons (Fsp3) is 0.143. The molecule has 1 amide bonds. The van der Waals surface area contributed by atoms with Gasteiger partial charge in [0.2, 0.25) is 0 Å². The Kier molecular flexibility index (Phi) is 4.82. The molecule has 0 aliphatic carbocycles. The van der Waals surface area contributed by atoms with Crippen LogP contribution >= 0.6 is 23.2 Å². The molecule has 0 bridgehead atoms. The summed E-state index contributed by atoms with van der Waals surface area (Å²) in [5, 5.41) is 3.48. The van der Waals surface area contributed by atoms with Crippen molar-refractivity contribution in [3.63, 3.8) is 0 Å². The standard InChI is InChI=1S/C14H12Cl2N2O2/c1-9(20-11-5-2-4-10(15)8-11)14(19)18-13-7-3-6-12(16)17-13/h2-9H,1H3,(H,17,18,19). The number of pyridine rings is 1. The van der Waals surface area contributed by atoms with Crippen molar-refractivity contribution in [3.8, 4) is 5.75 Å². The third kappa shape index (κ3) is 4.11. The maximum Gasteiger partial charge on any atom is 0.266 e. The van der Waals surface area contributed by atoms with Gasteiger partial charge in [0.05, 0.1) is 0 Å². The van der Waals surface area contributed by atoms with E-state index in [-0.39, 0.29) is 5.91 Å². The van der Waals surface area contributed by atoms with Crippen LogP contribution in [0.1, 0.15) is 6.92 Å². The molecule has 1 heterocycles. The lowest BCUT2D eigenvalue weighted by atomic mass is 10.3. The van der Waals surface area contributed by atoms with Crippen molar-refractivity contribution in [3.05, 3.63) is 52.6 Å². The summed E-state index contributed by atoms with van der Waals surface area (Å²) in [6.07, 6.45) is -0.686. The number of nitrogens with zero attached hydrogens (tertiary/aromatic N) is 1. The van der Waals surface area contributed by atoms with E-state index in [1.54, 1.807) is 49.4 Å². The molecule has 0 aliphatic rings. The normalized spacial score (nSPS) is 11.8. The van der Waals surface area contributed by atoms with E-state index in [0.29, 0.717) is 21.7 Å². The van der Waals surface area contributed by atoms with Crippen molar-refractivity contribution >= 4 is 34.9 Å². The molecule has 6 heteroatoms. The Morgan fingerprint density at radius 3 is 2.70 bits per heavy atom. The third-order valence-corrected chi connectivity index (χ3v) is 2.89. The highest BCUT2D eigenvalue weighted by molar-refractivity contribution is 6.30. The van der Waals surface area contributed by atoms with Gasteiger partial charge in [-0.05, 0) is 37.3 Å². The molecule has 0 fully saturated rings. The quantitative estimate of drug-likeness (QED) is 0.874. The number of carbonyl (C=O) groups is 1. The van der Waals surface area contributed by atoms with Crippen LogP contribution in [-0.4, -0.2) is 17.0 Å². The summed E-state index contributed by atoms with van der Waals surface area (Å²) >= 11 is 11.6. The van der Waals surface area contributed by atoms with Crippen LogP contribution in [0.5, 0.6) is 5.75 Å². The first kappa shape index (κ1) is 14.6. The van der Waals surface area contributed by atoms with E-state index in [2.05, 4.69) is 10.3 Å². The fourth-order valence-electron chi connectivity index (χ4n) is 1.50. The highest BCUT2D eigenvalue weighted by atomic mass is 35.5. The first-order valence-electron chi connectivity index (χ1n) is 5.90. The van der Waals surface area contributed by atoms with E-state index in [1.165, 1.54) is 0 Å². The zero-order valence-electron chi connectivity index (χ0n) is 10.6. The zero-order chi connectivity index (χ0) is 14.5. The Bertz CT molecular complexity index is 620. The predicted molar refractivity (Wildman–Crippen MR) is 79.4 cm³/mol. The molecular formula is C14H12Cl2N2O2. The molecule has 0 saturated heterocycles. The third-order valence-electron chi connectivity index (χ3n) is 2.44. The van der Waals surface area contributed by atoms with Crippen LogP contribution in [0.3, 0.4) is 0 Å². The molecule has 1 aromatic carbocycles. The van der Waals surface area contributed by atoms with Gasteiger partial charge in [0.25, 0.3) is 5.91 Å². The molecule has 1 unspecified atom stereocenters. The van der Waals surface area contributed by atoms with Gasteiger partial charge >= 0.3 is 0 Å². The van der Waals surface area contributed by atoms with Crippen LogP contribution in [-0.2, 0) is 4.79 Å². The summed E-state index contributed by atoms with van der Waals surface area (Å²) in [6.45, 7) is 1.64. The van der Waals surface area contributed by atoms with Crippen molar-refractivity contribution < 1.29 is 9.53 Å². The van der Waals surface area contributed by atoms with E-state index in [9.17, 15) is 4.79 Å². The maximum atomic E-state index is 12.0. The average Bonchev–Trinajstić information content (AvgIpc) is 2.38. The molecule has 2 rings (SSSR count). The number of carbonyl (C=O) groups excluding carboxylic acids is 1. The number of ether oxygens (including phenoxy) is 1.